The Morgan fingerprint density at radius 1 is 1.28 bits per heavy atom. The predicted molar refractivity (Wildman–Crippen MR) is 93.6 cm³/mol. The second-order valence-electron chi connectivity index (χ2n) is 6.12. The summed E-state index contributed by atoms with van der Waals surface area (Å²) in [6.07, 6.45) is 0. The second-order valence-corrected chi connectivity index (χ2v) is 7.13. The molecule has 1 aliphatic heterocycles. The fourth-order valence-electron chi connectivity index (χ4n) is 3.33. The first-order valence-corrected chi connectivity index (χ1v) is 9.10. The molecular formula is C17H21N4O3S+. The summed E-state index contributed by atoms with van der Waals surface area (Å²) in [6.45, 7) is 5.06. The number of aromatic hydroxyl groups is 1. The molecule has 3 aromatic rings. The lowest BCUT2D eigenvalue weighted by Gasteiger charge is -2.31. The van der Waals surface area contributed by atoms with E-state index < -0.39 is 0 Å². The first-order chi connectivity index (χ1) is 12.2. The zero-order valence-electron chi connectivity index (χ0n) is 14.2. The molecule has 0 saturated carbocycles. The smallest absolute Gasteiger partial charge is 0.235 e. The van der Waals surface area contributed by atoms with Crippen LogP contribution in [0, 0.1) is 6.92 Å². The number of morpholine rings is 1. The van der Waals surface area contributed by atoms with Crippen molar-refractivity contribution in [2.24, 2.45) is 0 Å². The number of rotatable bonds is 4. The van der Waals surface area contributed by atoms with E-state index in [0.717, 1.165) is 47.5 Å². The van der Waals surface area contributed by atoms with Gasteiger partial charge in [-0.1, -0.05) is 11.3 Å². The van der Waals surface area contributed by atoms with Gasteiger partial charge < -0.3 is 19.5 Å². The minimum atomic E-state index is 0.0172. The van der Waals surface area contributed by atoms with E-state index in [4.69, 9.17) is 9.47 Å². The largest absolute Gasteiger partial charge is 0.497 e. The number of quaternary nitrogens is 1. The van der Waals surface area contributed by atoms with Gasteiger partial charge in [0, 0.05) is 5.56 Å². The third-order valence-electron chi connectivity index (χ3n) is 4.56. The third-order valence-corrected chi connectivity index (χ3v) is 5.65. The Labute approximate surface area is 149 Å². The van der Waals surface area contributed by atoms with Gasteiger partial charge in [0.15, 0.2) is 6.04 Å². The van der Waals surface area contributed by atoms with Gasteiger partial charge in [-0.3, -0.25) is 0 Å². The average molecular weight is 361 g/mol. The van der Waals surface area contributed by atoms with E-state index in [1.165, 1.54) is 20.8 Å². The number of fused-ring (bicyclic) bond motifs is 1. The predicted octanol–water partition coefficient (Wildman–Crippen LogP) is 0.818. The summed E-state index contributed by atoms with van der Waals surface area (Å²) in [7, 11) is 1.66. The highest BCUT2D eigenvalue weighted by Crippen LogP contribution is 2.35. The zero-order valence-corrected chi connectivity index (χ0v) is 15.0. The van der Waals surface area contributed by atoms with Crippen molar-refractivity contribution >= 4 is 16.3 Å². The van der Waals surface area contributed by atoms with E-state index in [1.807, 2.05) is 19.1 Å². The summed E-state index contributed by atoms with van der Waals surface area (Å²) in [5, 5.41) is 15.1. The number of hydrogen-bond acceptors (Lipinski definition) is 6. The molecular weight excluding hydrogens is 340 g/mol. The van der Waals surface area contributed by atoms with Crippen molar-refractivity contribution in [2.75, 3.05) is 33.4 Å². The summed E-state index contributed by atoms with van der Waals surface area (Å²) < 4.78 is 12.3. The van der Waals surface area contributed by atoms with Crippen molar-refractivity contribution in [3.8, 4) is 11.6 Å². The maximum atomic E-state index is 10.8. The van der Waals surface area contributed by atoms with Gasteiger partial charge in [-0.15, -0.1) is 5.10 Å². The normalized spacial score (nSPS) is 17.0. The van der Waals surface area contributed by atoms with Crippen molar-refractivity contribution in [3.05, 3.63) is 40.5 Å². The lowest BCUT2D eigenvalue weighted by atomic mass is 10.0. The molecule has 7 nitrogen and oxygen atoms in total. The van der Waals surface area contributed by atoms with Crippen LogP contribution in [0.3, 0.4) is 0 Å². The van der Waals surface area contributed by atoms with Crippen LogP contribution in [0.1, 0.15) is 22.3 Å². The van der Waals surface area contributed by atoms with Crippen LogP contribution in [0.5, 0.6) is 11.6 Å². The molecule has 3 heterocycles. The van der Waals surface area contributed by atoms with E-state index in [9.17, 15) is 5.11 Å². The van der Waals surface area contributed by atoms with Crippen molar-refractivity contribution < 1.29 is 19.5 Å². The van der Waals surface area contributed by atoms with Crippen LogP contribution in [0.15, 0.2) is 24.3 Å². The molecule has 1 aromatic carbocycles. The molecule has 25 heavy (non-hydrogen) atoms. The molecule has 0 bridgehead atoms. The van der Waals surface area contributed by atoms with Crippen molar-refractivity contribution in [2.45, 2.75) is 13.0 Å². The van der Waals surface area contributed by atoms with E-state index >= 15 is 0 Å². The van der Waals surface area contributed by atoms with Crippen LogP contribution in [-0.2, 0) is 4.74 Å². The first kappa shape index (κ1) is 16.3. The van der Waals surface area contributed by atoms with Crippen LogP contribution in [0.4, 0.5) is 0 Å². The molecule has 8 heteroatoms. The molecule has 0 aliphatic carbocycles. The number of aromatic nitrogens is 3. The highest BCUT2D eigenvalue weighted by Gasteiger charge is 2.33. The van der Waals surface area contributed by atoms with Crippen LogP contribution in [0.25, 0.3) is 4.96 Å². The molecule has 1 atom stereocenters. The molecule has 0 amide bonds. The number of aryl methyl sites for hydroxylation is 1. The van der Waals surface area contributed by atoms with Gasteiger partial charge in [0.05, 0.1) is 20.3 Å². The van der Waals surface area contributed by atoms with Crippen LogP contribution in [-0.4, -0.2) is 53.1 Å². The van der Waals surface area contributed by atoms with Gasteiger partial charge in [-0.2, -0.15) is 4.52 Å². The lowest BCUT2D eigenvalue weighted by molar-refractivity contribution is -0.932. The summed E-state index contributed by atoms with van der Waals surface area (Å²) >= 11 is 1.50. The maximum Gasteiger partial charge on any atom is 0.235 e. The minimum Gasteiger partial charge on any atom is -0.497 e. The number of hydrogen-bond donors (Lipinski definition) is 2. The molecule has 1 saturated heterocycles. The number of methoxy groups -OCH3 is 1. The number of nitrogens with zero attached hydrogens (tertiary/aromatic N) is 3. The van der Waals surface area contributed by atoms with Crippen LogP contribution >= 0.6 is 11.3 Å². The summed E-state index contributed by atoms with van der Waals surface area (Å²) in [6, 6.07) is 8.06. The molecule has 2 aromatic heterocycles. The van der Waals surface area contributed by atoms with E-state index in [-0.39, 0.29) is 11.9 Å². The van der Waals surface area contributed by atoms with E-state index in [2.05, 4.69) is 22.2 Å². The van der Waals surface area contributed by atoms with Crippen molar-refractivity contribution in [1.82, 2.24) is 14.6 Å². The summed E-state index contributed by atoms with van der Waals surface area (Å²) in [5.41, 5.74) is 1.13. The number of ether oxygens (including phenoxy) is 2. The first-order valence-electron chi connectivity index (χ1n) is 8.28. The fraction of sp³-hybridized carbons (Fsp3) is 0.412. The number of nitrogens with one attached hydrogen (secondary N) is 1. The standard InChI is InChI=1S/C17H20N4O3S/c1-11-18-17-21(19-11)16(22)15(25-17)14(20-7-9-24-10-8-20)12-3-5-13(23-2)6-4-12/h3-6,14,22H,7-10H2,1-2H3/p+1/t14-/m1/s1. The van der Waals surface area contributed by atoms with Crippen molar-refractivity contribution in [1.29, 1.82) is 0 Å². The van der Waals surface area contributed by atoms with Gasteiger partial charge >= 0.3 is 0 Å². The van der Waals surface area contributed by atoms with E-state index in [0.29, 0.717) is 5.82 Å². The lowest BCUT2D eigenvalue weighted by Crippen LogP contribution is -3.14. The van der Waals surface area contributed by atoms with Crippen molar-refractivity contribution in [3.63, 3.8) is 0 Å². The number of benzene rings is 1. The van der Waals surface area contributed by atoms with Gasteiger partial charge in [-0.05, 0) is 31.2 Å². The molecule has 1 fully saturated rings. The molecule has 0 spiro atoms. The van der Waals surface area contributed by atoms with Gasteiger partial charge in [0.1, 0.15) is 29.5 Å². The van der Waals surface area contributed by atoms with Crippen LogP contribution < -0.4 is 9.64 Å². The minimum absolute atomic E-state index is 0.0172. The highest BCUT2D eigenvalue weighted by atomic mass is 32.1. The monoisotopic (exact) mass is 361 g/mol. The average Bonchev–Trinajstić information content (AvgIpc) is 3.15. The fourth-order valence-corrected chi connectivity index (χ4v) is 4.51. The highest BCUT2D eigenvalue weighted by molar-refractivity contribution is 7.17. The van der Waals surface area contributed by atoms with Gasteiger partial charge in [-0.25, -0.2) is 4.98 Å². The van der Waals surface area contributed by atoms with Gasteiger partial charge in [0.2, 0.25) is 10.8 Å². The van der Waals surface area contributed by atoms with Crippen LogP contribution in [0.2, 0.25) is 0 Å². The topological polar surface area (TPSA) is 73.3 Å². The maximum absolute atomic E-state index is 10.8. The Kier molecular flexibility index (Phi) is 4.32. The second kappa shape index (κ2) is 6.62. The molecule has 2 N–H and O–H groups in total. The Balaban J connectivity index is 1.80. The van der Waals surface area contributed by atoms with Gasteiger partial charge in [0.25, 0.3) is 0 Å². The van der Waals surface area contributed by atoms with E-state index in [1.54, 1.807) is 7.11 Å². The SMILES string of the molecule is COc1ccc([C@H](c2sc3nc(C)nn3c2O)[NH+]2CCOCC2)cc1. The molecule has 0 unspecified atom stereocenters. The Morgan fingerprint density at radius 3 is 2.64 bits per heavy atom. The summed E-state index contributed by atoms with van der Waals surface area (Å²) in [5.74, 6) is 1.66. The summed E-state index contributed by atoms with van der Waals surface area (Å²) in [4.78, 5) is 7.37. The zero-order chi connectivity index (χ0) is 17.4. The Hall–Kier alpha value is -2.16. The molecule has 0 radical (unpaired) electrons. The Morgan fingerprint density at radius 2 is 2.00 bits per heavy atom. The third kappa shape index (κ3) is 2.97. The Bertz CT molecular complexity index is 868. The quantitative estimate of drug-likeness (QED) is 0.720. The molecule has 4 rings (SSSR count). The molecule has 132 valence electrons. The molecule has 1 aliphatic rings. The number of thiazole rings is 1.